The highest BCUT2D eigenvalue weighted by atomic mass is 16.7. The first kappa shape index (κ1) is 15.9. The number of rotatable bonds is 4. The van der Waals surface area contributed by atoms with Crippen molar-refractivity contribution in [2.75, 3.05) is 26.2 Å². The number of carbonyl (C=O) groups is 2. The maximum Gasteiger partial charge on any atom is 0.255 e. The SMILES string of the molecule is CN(C)C(=O)Cc1ccc(NC(=O)c2ccc3c(c2)OCO3)cc1. The number of fused-ring (bicyclic) bond motifs is 1. The van der Waals surface area contributed by atoms with Gasteiger partial charge in [-0.1, -0.05) is 12.1 Å². The minimum Gasteiger partial charge on any atom is -0.454 e. The fourth-order valence-corrected chi connectivity index (χ4v) is 2.28. The van der Waals surface area contributed by atoms with Crippen LogP contribution in [0.4, 0.5) is 5.69 Å². The molecule has 0 saturated carbocycles. The van der Waals surface area contributed by atoms with Crippen LogP contribution in [0, 0.1) is 0 Å². The van der Waals surface area contributed by atoms with E-state index in [0.717, 1.165) is 5.56 Å². The molecule has 1 N–H and O–H groups in total. The van der Waals surface area contributed by atoms with Crippen LogP contribution in [-0.4, -0.2) is 37.6 Å². The summed E-state index contributed by atoms with van der Waals surface area (Å²) in [5.41, 5.74) is 2.06. The largest absolute Gasteiger partial charge is 0.454 e. The third kappa shape index (κ3) is 3.48. The first-order chi connectivity index (χ1) is 11.5. The van der Waals surface area contributed by atoms with Gasteiger partial charge in [-0.2, -0.15) is 0 Å². The molecule has 0 spiro atoms. The number of nitrogens with zero attached hydrogens (tertiary/aromatic N) is 1. The van der Waals surface area contributed by atoms with E-state index < -0.39 is 0 Å². The van der Waals surface area contributed by atoms with Crippen LogP contribution in [0.15, 0.2) is 42.5 Å². The predicted molar refractivity (Wildman–Crippen MR) is 89.4 cm³/mol. The molecule has 0 atom stereocenters. The average molecular weight is 326 g/mol. The molecule has 3 rings (SSSR count). The molecule has 0 bridgehead atoms. The molecule has 6 heteroatoms. The number of carbonyl (C=O) groups excluding carboxylic acids is 2. The summed E-state index contributed by atoms with van der Waals surface area (Å²) < 4.78 is 10.5. The van der Waals surface area contributed by atoms with Crippen LogP contribution in [0.25, 0.3) is 0 Å². The Morgan fingerprint density at radius 1 is 1.04 bits per heavy atom. The number of likely N-dealkylation sites (N-methyl/N-ethyl adjacent to an activating group) is 1. The van der Waals surface area contributed by atoms with Crippen LogP contribution in [0.1, 0.15) is 15.9 Å². The molecule has 0 radical (unpaired) electrons. The minimum absolute atomic E-state index is 0.0344. The number of hydrogen-bond donors (Lipinski definition) is 1. The van der Waals surface area contributed by atoms with Crippen molar-refractivity contribution < 1.29 is 19.1 Å². The van der Waals surface area contributed by atoms with E-state index in [9.17, 15) is 9.59 Å². The second-order valence-electron chi connectivity index (χ2n) is 5.68. The van der Waals surface area contributed by atoms with Gasteiger partial charge in [0.2, 0.25) is 12.7 Å². The average Bonchev–Trinajstić information content (AvgIpc) is 3.04. The second-order valence-corrected chi connectivity index (χ2v) is 5.68. The number of hydrogen-bond acceptors (Lipinski definition) is 4. The summed E-state index contributed by atoms with van der Waals surface area (Å²) in [6.07, 6.45) is 0.337. The number of amides is 2. The normalized spacial score (nSPS) is 11.9. The van der Waals surface area contributed by atoms with Gasteiger partial charge < -0.3 is 19.7 Å². The molecule has 6 nitrogen and oxygen atoms in total. The van der Waals surface area contributed by atoms with Crippen molar-refractivity contribution in [3.63, 3.8) is 0 Å². The summed E-state index contributed by atoms with van der Waals surface area (Å²) in [6, 6.07) is 12.3. The highest BCUT2D eigenvalue weighted by Crippen LogP contribution is 2.32. The van der Waals surface area contributed by atoms with Crippen molar-refractivity contribution in [2.24, 2.45) is 0 Å². The molecule has 0 saturated heterocycles. The zero-order chi connectivity index (χ0) is 17.1. The van der Waals surface area contributed by atoms with Gasteiger partial charge in [-0.15, -0.1) is 0 Å². The van der Waals surface area contributed by atoms with Crippen LogP contribution in [0.5, 0.6) is 11.5 Å². The topological polar surface area (TPSA) is 67.9 Å². The number of anilines is 1. The third-order valence-corrected chi connectivity index (χ3v) is 3.70. The smallest absolute Gasteiger partial charge is 0.255 e. The predicted octanol–water partition coefficient (Wildman–Crippen LogP) is 2.30. The number of ether oxygens (including phenoxy) is 2. The zero-order valence-electron chi connectivity index (χ0n) is 13.5. The van der Waals surface area contributed by atoms with Gasteiger partial charge in [0.05, 0.1) is 6.42 Å². The van der Waals surface area contributed by atoms with Crippen molar-refractivity contribution in [2.45, 2.75) is 6.42 Å². The lowest BCUT2D eigenvalue weighted by Gasteiger charge is -2.11. The van der Waals surface area contributed by atoms with E-state index in [4.69, 9.17) is 9.47 Å². The second kappa shape index (κ2) is 6.62. The van der Waals surface area contributed by atoms with E-state index in [2.05, 4.69) is 5.32 Å². The van der Waals surface area contributed by atoms with Crippen molar-refractivity contribution in [1.29, 1.82) is 0 Å². The zero-order valence-corrected chi connectivity index (χ0v) is 13.5. The molecule has 1 heterocycles. The molecule has 0 aromatic heterocycles. The Labute approximate surface area is 140 Å². The van der Waals surface area contributed by atoms with Crippen molar-refractivity contribution in [3.8, 4) is 11.5 Å². The summed E-state index contributed by atoms with van der Waals surface area (Å²) in [5.74, 6) is 1.01. The molecule has 2 aromatic rings. The van der Waals surface area contributed by atoms with Crippen LogP contribution in [-0.2, 0) is 11.2 Å². The highest BCUT2D eigenvalue weighted by Gasteiger charge is 2.16. The van der Waals surface area contributed by atoms with Crippen LogP contribution < -0.4 is 14.8 Å². The maximum absolute atomic E-state index is 12.3. The quantitative estimate of drug-likeness (QED) is 0.936. The van der Waals surface area contributed by atoms with Gasteiger partial charge >= 0.3 is 0 Å². The molecular formula is C18H18N2O4. The Morgan fingerprint density at radius 2 is 1.75 bits per heavy atom. The van der Waals surface area contributed by atoms with Gasteiger partial charge in [0, 0.05) is 25.3 Å². The molecule has 24 heavy (non-hydrogen) atoms. The summed E-state index contributed by atoms with van der Waals surface area (Å²) in [4.78, 5) is 25.5. The Bertz CT molecular complexity index is 769. The molecule has 0 fully saturated rings. The van der Waals surface area contributed by atoms with Gasteiger partial charge in [0.1, 0.15) is 0 Å². The van der Waals surface area contributed by atoms with E-state index in [1.807, 2.05) is 12.1 Å². The Balaban J connectivity index is 1.65. The fourth-order valence-electron chi connectivity index (χ4n) is 2.28. The van der Waals surface area contributed by atoms with E-state index in [0.29, 0.717) is 29.2 Å². The summed E-state index contributed by atoms with van der Waals surface area (Å²) in [5, 5.41) is 2.82. The fraction of sp³-hybridized carbons (Fsp3) is 0.222. The summed E-state index contributed by atoms with van der Waals surface area (Å²) in [7, 11) is 3.45. The Hall–Kier alpha value is -3.02. The Morgan fingerprint density at radius 3 is 2.46 bits per heavy atom. The molecule has 1 aliphatic rings. The number of benzene rings is 2. The third-order valence-electron chi connectivity index (χ3n) is 3.70. The van der Waals surface area contributed by atoms with Gasteiger partial charge in [0.15, 0.2) is 11.5 Å². The molecule has 124 valence electrons. The van der Waals surface area contributed by atoms with Crippen molar-refractivity contribution in [3.05, 3.63) is 53.6 Å². The van der Waals surface area contributed by atoms with Gasteiger partial charge in [-0.3, -0.25) is 9.59 Å². The van der Waals surface area contributed by atoms with Crippen molar-refractivity contribution >= 4 is 17.5 Å². The molecule has 1 aliphatic heterocycles. The van der Waals surface area contributed by atoms with Crippen LogP contribution in [0.3, 0.4) is 0 Å². The van der Waals surface area contributed by atoms with E-state index in [1.165, 1.54) is 0 Å². The molecular weight excluding hydrogens is 308 g/mol. The van der Waals surface area contributed by atoms with E-state index in [1.54, 1.807) is 49.3 Å². The summed E-state index contributed by atoms with van der Waals surface area (Å²) in [6.45, 7) is 0.174. The van der Waals surface area contributed by atoms with E-state index >= 15 is 0 Å². The highest BCUT2D eigenvalue weighted by molar-refractivity contribution is 6.04. The minimum atomic E-state index is -0.231. The first-order valence-electron chi connectivity index (χ1n) is 7.53. The Kier molecular flexibility index (Phi) is 4.37. The lowest BCUT2D eigenvalue weighted by molar-refractivity contribution is -0.127. The lowest BCUT2D eigenvalue weighted by atomic mass is 10.1. The summed E-state index contributed by atoms with van der Waals surface area (Å²) >= 11 is 0. The molecule has 2 aromatic carbocycles. The van der Waals surface area contributed by atoms with Gasteiger partial charge in [-0.05, 0) is 35.9 Å². The molecule has 0 unspecified atom stereocenters. The monoisotopic (exact) mass is 326 g/mol. The lowest BCUT2D eigenvalue weighted by Crippen LogP contribution is -2.23. The van der Waals surface area contributed by atoms with Crippen LogP contribution >= 0.6 is 0 Å². The number of nitrogens with one attached hydrogen (secondary N) is 1. The van der Waals surface area contributed by atoms with Crippen molar-refractivity contribution in [1.82, 2.24) is 4.90 Å². The molecule has 2 amide bonds. The van der Waals surface area contributed by atoms with Gasteiger partial charge in [0.25, 0.3) is 5.91 Å². The first-order valence-corrected chi connectivity index (χ1v) is 7.53. The molecule has 0 aliphatic carbocycles. The van der Waals surface area contributed by atoms with E-state index in [-0.39, 0.29) is 18.6 Å². The standard InChI is InChI=1S/C18H18N2O4/c1-20(2)17(21)9-12-3-6-14(7-4-12)19-18(22)13-5-8-15-16(10-13)24-11-23-15/h3-8,10H,9,11H2,1-2H3,(H,19,22). The van der Waals surface area contributed by atoms with Gasteiger partial charge in [-0.25, -0.2) is 0 Å². The maximum atomic E-state index is 12.3. The van der Waals surface area contributed by atoms with Crippen LogP contribution in [0.2, 0.25) is 0 Å².